The van der Waals surface area contributed by atoms with Gasteiger partial charge in [0.1, 0.15) is 11.9 Å². The second kappa shape index (κ2) is 5.53. The van der Waals surface area contributed by atoms with Crippen LogP contribution in [0.15, 0.2) is 41.3 Å². The van der Waals surface area contributed by atoms with Crippen molar-refractivity contribution in [3.63, 3.8) is 0 Å². The van der Waals surface area contributed by atoms with E-state index in [-0.39, 0.29) is 6.10 Å². The van der Waals surface area contributed by atoms with Gasteiger partial charge in [-0.25, -0.2) is 0 Å². The summed E-state index contributed by atoms with van der Waals surface area (Å²) < 4.78 is 18.4. The molecule has 0 aliphatic carbocycles. The van der Waals surface area contributed by atoms with Crippen LogP contribution in [0.3, 0.4) is 0 Å². The Hall–Kier alpha value is -1.81. The Morgan fingerprint density at radius 3 is 2.81 bits per heavy atom. The average Bonchev–Trinajstić information content (AvgIpc) is 2.79. The predicted octanol–water partition coefficient (Wildman–Crippen LogP) is 3.00. The minimum absolute atomic E-state index is 0.0143. The molecule has 0 spiro atoms. The van der Waals surface area contributed by atoms with Gasteiger partial charge in [-0.3, -0.25) is 4.21 Å². The van der Waals surface area contributed by atoms with Gasteiger partial charge in [0.25, 0.3) is 0 Å². The van der Waals surface area contributed by atoms with E-state index in [0.29, 0.717) is 11.4 Å². The van der Waals surface area contributed by atoms with Crippen LogP contribution >= 0.6 is 0 Å². The van der Waals surface area contributed by atoms with E-state index in [9.17, 15) is 4.21 Å². The summed E-state index contributed by atoms with van der Waals surface area (Å²) in [4.78, 5) is 0.847. The van der Waals surface area contributed by atoms with Gasteiger partial charge in [-0.05, 0) is 49.2 Å². The van der Waals surface area contributed by atoms with E-state index in [2.05, 4.69) is 13.0 Å². The summed E-state index contributed by atoms with van der Waals surface area (Å²) >= 11 is 0. The Balaban J connectivity index is 1.72. The lowest BCUT2D eigenvalue weighted by Gasteiger charge is -2.12. The molecule has 0 amide bonds. The number of benzene rings is 2. The predicted molar refractivity (Wildman–Crippen MR) is 86.2 cm³/mol. The minimum atomic E-state index is -1.07. The van der Waals surface area contributed by atoms with Crippen LogP contribution in [0, 0.1) is 13.8 Å². The molecule has 2 aromatic rings. The number of fused-ring (bicyclic) bond motifs is 1. The summed E-state index contributed by atoms with van der Waals surface area (Å²) in [5.74, 6) is 1.44. The number of anilines is 1. The van der Waals surface area contributed by atoms with Crippen LogP contribution in [-0.4, -0.2) is 16.1 Å². The zero-order valence-corrected chi connectivity index (χ0v) is 13.1. The molecule has 0 saturated heterocycles. The molecule has 110 valence electrons. The molecule has 0 fully saturated rings. The molecule has 0 radical (unpaired) electrons. The summed E-state index contributed by atoms with van der Waals surface area (Å²) in [6.07, 6.45) is 0.816. The normalized spacial score (nSPS) is 18.1. The van der Waals surface area contributed by atoms with Crippen molar-refractivity contribution in [2.45, 2.75) is 31.3 Å². The highest BCUT2D eigenvalue weighted by molar-refractivity contribution is 7.85. The van der Waals surface area contributed by atoms with Gasteiger partial charge in [0.05, 0.1) is 16.6 Å². The summed E-state index contributed by atoms with van der Waals surface area (Å²) in [7, 11) is -1.07. The van der Waals surface area contributed by atoms with Gasteiger partial charge in [-0.15, -0.1) is 0 Å². The Morgan fingerprint density at radius 1 is 1.24 bits per heavy atom. The van der Waals surface area contributed by atoms with Crippen LogP contribution in [0.1, 0.15) is 16.7 Å². The van der Waals surface area contributed by atoms with Crippen LogP contribution < -0.4 is 10.5 Å². The van der Waals surface area contributed by atoms with Gasteiger partial charge in [0, 0.05) is 17.0 Å². The maximum Gasteiger partial charge on any atom is 0.123 e. The molecule has 2 atom stereocenters. The van der Waals surface area contributed by atoms with Crippen molar-refractivity contribution < 1.29 is 8.95 Å². The van der Waals surface area contributed by atoms with E-state index in [1.165, 1.54) is 11.1 Å². The second-order valence-corrected chi connectivity index (χ2v) is 7.06. The number of nitrogens with two attached hydrogens (primary N) is 1. The highest BCUT2D eigenvalue weighted by atomic mass is 32.2. The summed E-state index contributed by atoms with van der Waals surface area (Å²) in [6, 6.07) is 11.7. The molecule has 0 bridgehead atoms. The fraction of sp³-hybridized carbons (Fsp3) is 0.294. The molecule has 21 heavy (non-hydrogen) atoms. The topological polar surface area (TPSA) is 52.3 Å². The maximum atomic E-state index is 12.5. The third kappa shape index (κ3) is 2.95. The van der Waals surface area contributed by atoms with E-state index in [0.717, 1.165) is 22.6 Å². The number of rotatable bonds is 3. The number of nitrogen functional groups attached to an aromatic ring is 1. The quantitative estimate of drug-likeness (QED) is 0.887. The second-order valence-electron chi connectivity index (χ2n) is 5.59. The molecular formula is C17H19NO2S. The van der Waals surface area contributed by atoms with E-state index in [1.54, 1.807) is 6.07 Å². The van der Waals surface area contributed by atoms with Gasteiger partial charge in [0.2, 0.25) is 0 Å². The number of ether oxygens (including phenoxy) is 1. The van der Waals surface area contributed by atoms with Gasteiger partial charge in [-0.1, -0.05) is 17.7 Å². The molecule has 2 N–H and O–H groups in total. The van der Waals surface area contributed by atoms with Gasteiger partial charge >= 0.3 is 0 Å². The van der Waals surface area contributed by atoms with Crippen molar-refractivity contribution in [1.82, 2.24) is 0 Å². The van der Waals surface area contributed by atoms with Gasteiger partial charge in [-0.2, -0.15) is 0 Å². The Bertz CT molecular complexity index is 712. The van der Waals surface area contributed by atoms with Gasteiger partial charge < -0.3 is 10.5 Å². The van der Waals surface area contributed by atoms with Gasteiger partial charge in [0.15, 0.2) is 0 Å². The van der Waals surface area contributed by atoms with Crippen molar-refractivity contribution in [3.8, 4) is 5.75 Å². The van der Waals surface area contributed by atoms with Crippen molar-refractivity contribution in [2.75, 3.05) is 11.5 Å². The number of hydrogen-bond acceptors (Lipinski definition) is 3. The molecule has 0 saturated carbocycles. The molecule has 0 aromatic heterocycles. The van der Waals surface area contributed by atoms with Crippen LogP contribution in [-0.2, 0) is 17.2 Å². The fourth-order valence-corrected chi connectivity index (χ4v) is 4.07. The first kappa shape index (κ1) is 14.1. The van der Waals surface area contributed by atoms with Crippen LogP contribution in [0.5, 0.6) is 5.75 Å². The van der Waals surface area contributed by atoms with Crippen LogP contribution in [0.4, 0.5) is 5.69 Å². The summed E-state index contributed by atoms with van der Waals surface area (Å²) in [5, 5.41) is 0. The van der Waals surface area contributed by atoms with Crippen LogP contribution in [0.25, 0.3) is 0 Å². The molecule has 4 heteroatoms. The molecule has 1 aliphatic heterocycles. The summed E-state index contributed by atoms with van der Waals surface area (Å²) in [5.41, 5.74) is 9.86. The number of hydrogen-bond donors (Lipinski definition) is 1. The van der Waals surface area contributed by atoms with E-state index >= 15 is 0 Å². The lowest BCUT2D eigenvalue weighted by molar-refractivity contribution is 0.258. The molecular weight excluding hydrogens is 282 g/mol. The zero-order valence-electron chi connectivity index (χ0n) is 12.3. The lowest BCUT2D eigenvalue weighted by Crippen LogP contribution is -2.22. The third-order valence-electron chi connectivity index (χ3n) is 3.74. The SMILES string of the molecule is Cc1ccc2c(c1)CC(CS(=O)c1ccc(N)cc1C)O2. The molecule has 2 aromatic carbocycles. The standard InChI is InChI=1S/C17H19NO2S/c1-11-3-5-16-13(7-11)9-15(20-16)10-21(19)17-6-4-14(18)8-12(17)2/h3-8,15H,9-10,18H2,1-2H3. The smallest absolute Gasteiger partial charge is 0.123 e. The monoisotopic (exact) mass is 301 g/mol. The minimum Gasteiger partial charge on any atom is -0.489 e. The van der Waals surface area contributed by atoms with Crippen molar-refractivity contribution >= 4 is 16.5 Å². The first-order valence-corrected chi connectivity index (χ1v) is 8.35. The van der Waals surface area contributed by atoms with Crippen molar-refractivity contribution in [3.05, 3.63) is 53.1 Å². The average molecular weight is 301 g/mol. The molecule has 1 aliphatic rings. The van der Waals surface area contributed by atoms with Crippen molar-refractivity contribution in [2.24, 2.45) is 0 Å². The lowest BCUT2D eigenvalue weighted by atomic mass is 10.1. The summed E-state index contributed by atoms with van der Waals surface area (Å²) in [6.45, 7) is 4.01. The first-order chi connectivity index (χ1) is 10.0. The Labute approximate surface area is 127 Å². The third-order valence-corrected chi connectivity index (χ3v) is 5.36. The van der Waals surface area contributed by atoms with Crippen LogP contribution in [0.2, 0.25) is 0 Å². The van der Waals surface area contributed by atoms with E-state index in [4.69, 9.17) is 10.5 Å². The Morgan fingerprint density at radius 2 is 2.05 bits per heavy atom. The molecule has 1 heterocycles. The highest BCUT2D eigenvalue weighted by Crippen LogP contribution is 2.30. The Kier molecular flexibility index (Phi) is 3.72. The van der Waals surface area contributed by atoms with E-state index < -0.39 is 10.8 Å². The zero-order chi connectivity index (χ0) is 15.0. The molecule has 2 unspecified atom stereocenters. The largest absolute Gasteiger partial charge is 0.489 e. The molecule has 3 rings (SSSR count). The maximum absolute atomic E-state index is 12.5. The molecule has 3 nitrogen and oxygen atoms in total. The highest BCUT2D eigenvalue weighted by Gasteiger charge is 2.25. The van der Waals surface area contributed by atoms with E-state index in [1.807, 2.05) is 31.2 Å². The fourth-order valence-electron chi connectivity index (χ4n) is 2.73. The van der Waals surface area contributed by atoms with Crippen molar-refractivity contribution in [1.29, 1.82) is 0 Å². The first-order valence-electron chi connectivity index (χ1n) is 7.03. The number of aryl methyl sites for hydroxylation is 2.